The third kappa shape index (κ3) is 7.33. The van der Waals surface area contributed by atoms with Crippen molar-refractivity contribution in [3.63, 3.8) is 0 Å². The van der Waals surface area contributed by atoms with E-state index in [1.54, 1.807) is 57.2 Å². The molecule has 0 aliphatic rings. The number of phenols is 2. The first-order chi connectivity index (χ1) is 16.6. The molecule has 0 bridgehead atoms. The van der Waals surface area contributed by atoms with Gasteiger partial charge in [-0.15, -0.1) is 0 Å². The number of hydrogen-bond donors (Lipinski definition) is 4. The van der Waals surface area contributed by atoms with Gasteiger partial charge in [-0.25, -0.2) is 10.2 Å². The second-order valence-electron chi connectivity index (χ2n) is 8.86. The van der Waals surface area contributed by atoms with Crippen LogP contribution in [-0.4, -0.2) is 39.6 Å². The molecule has 0 spiro atoms. The molecule has 0 saturated carbocycles. The summed E-state index contributed by atoms with van der Waals surface area (Å²) in [6, 6.07) is 21.1. The largest absolute Gasteiger partial charge is 0.507 e. The minimum atomic E-state index is -0.994. The zero-order valence-corrected chi connectivity index (χ0v) is 19.9. The Morgan fingerprint density at radius 1 is 0.857 bits per heavy atom. The van der Waals surface area contributed by atoms with E-state index in [-0.39, 0.29) is 23.6 Å². The van der Waals surface area contributed by atoms with Crippen LogP contribution in [0.1, 0.15) is 37.5 Å². The van der Waals surface area contributed by atoms with Crippen LogP contribution in [0.25, 0.3) is 0 Å². The number of benzene rings is 3. The van der Waals surface area contributed by atoms with Crippen molar-refractivity contribution in [2.75, 3.05) is 0 Å². The lowest BCUT2D eigenvalue weighted by Gasteiger charge is -2.23. The quantitative estimate of drug-likeness (QED) is 0.303. The molecular formula is C27H29N3O5. The molecule has 0 heterocycles. The topological polar surface area (TPSA) is 120 Å². The van der Waals surface area contributed by atoms with Gasteiger partial charge < -0.3 is 20.3 Å². The molecule has 1 atom stereocenters. The van der Waals surface area contributed by atoms with Crippen LogP contribution in [0.2, 0.25) is 0 Å². The van der Waals surface area contributed by atoms with E-state index in [1.807, 2.05) is 30.3 Å². The molecule has 0 saturated heterocycles. The Morgan fingerprint density at radius 3 is 1.89 bits per heavy atom. The normalized spacial score (nSPS) is 11.7. The molecule has 3 rings (SSSR count). The van der Waals surface area contributed by atoms with Crippen molar-refractivity contribution in [3.05, 3.63) is 95.6 Å². The lowest BCUT2D eigenvalue weighted by Crippen LogP contribution is -2.48. The second kappa shape index (κ2) is 11.2. The maximum absolute atomic E-state index is 13.2. The summed E-state index contributed by atoms with van der Waals surface area (Å²) in [6.45, 7) is 5.19. The summed E-state index contributed by atoms with van der Waals surface area (Å²) in [4.78, 5) is 25.6. The van der Waals surface area contributed by atoms with Crippen molar-refractivity contribution < 1.29 is 24.5 Å². The minimum Gasteiger partial charge on any atom is -0.507 e. The summed E-state index contributed by atoms with van der Waals surface area (Å²) < 4.78 is 5.32. The summed E-state index contributed by atoms with van der Waals surface area (Å²) >= 11 is 0. The molecular weight excluding hydrogens is 446 g/mol. The Morgan fingerprint density at radius 2 is 1.37 bits per heavy atom. The van der Waals surface area contributed by atoms with Crippen LogP contribution >= 0.6 is 0 Å². The first-order valence-electron chi connectivity index (χ1n) is 11.1. The Bertz CT molecular complexity index is 1160. The molecule has 0 aliphatic carbocycles. The van der Waals surface area contributed by atoms with Crippen LogP contribution < -0.4 is 10.7 Å². The molecule has 0 unspecified atom stereocenters. The molecule has 3 aromatic carbocycles. The number of phenolic OH excluding ortho intramolecular Hbond substituents is 2. The minimum absolute atomic E-state index is 0.0727. The van der Waals surface area contributed by atoms with Crippen molar-refractivity contribution >= 4 is 17.7 Å². The number of rotatable bonds is 7. The molecule has 2 amide bonds. The van der Waals surface area contributed by atoms with Gasteiger partial charge in [0, 0.05) is 17.5 Å². The van der Waals surface area contributed by atoms with Crippen LogP contribution in [0.5, 0.6) is 11.5 Å². The zero-order chi connectivity index (χ0) is 25.4. The van der Waals surface area contributed by atoms with Crippen molar-refractivity contribution in [1.29, 1.82) is 0 Å². The highest BCUT2D eigenvalue weighted by molar-refractivity contribution is 6.16. The number of hydrogen-bond acceptors (Lipinski definition) is 6. The number of carbonyl (C=O) groups is 2. The van der Waals surface area contributed by atoms with E-state index in [0.29, 0.717) is 11.1 Å². The molecule has 35 heavy (non-hydrogen) atoms. The SMILES string of the molecule is CC(C)(C)OC(=O)N[C@@H](Cc1ccccc1)C(=O)NN=C(c1ccccc1O)c1ccccc1O. The molecule has 4 N–H and O–H groups in total. The number of nitrogens with one attached hydrogen (secondary N) is 2. The van der Waals surface area contributed by atoms with E-state index in [0.717, 1.165) is 5.56 Å². The predicted octanol–water partition coefficient (Wildman–Crippen LogP) is 4.10. The van der Waals surface area contributed by atoms with Gasteiger partial charge in [0.25, 0.3) is 5.91 Å². The predicted molar refractivity (Wildman–Crippen MR) is 133 cm³/mol. The van der Waals surface area contributed by atoms with Crippen LogP contribution in [0, 0.1) is 0 Å². The van der Waals surface area contributed by atoms with Gasteiger partial charge in [-0.1, -0.05) is 54.6 Å². The van der Waals surface area contributed by atoms with Crippen LogP contribution in [0.3, 0.4) is 0 Å². The average Bonchev–Trinajstić information content (AvgIpc) is 2.80. The first-order valence-corrected chi connectivity index (χ1v) is 11.1. The number of amides is 2. The lowest BCUT2D eigenvalue weighted by molar-refractivity contribution is -0.123. The van der Waals surface area contributed by atoms with Gasteiger partial charge in [0.2, 0.25) is 0 Å². The molecule has 8 heteroatoms. The van der Waals surface area contributed by atoms with Crippen molar-refractivity contribution in [1.82, 2.24) is 10.7 Å². The molecule has 0 fully saturated rings. The molecule has 8 nitrogen and oxygen atoms in total. The number of nitrogens with zero attached hydrogens (tertiary/aromatic N) is 1. The Kier molecular flexibility index (Phi) is 8.09. The van der Waals surface area contributed by atoms with Crippen LogP contribution in [0.4, 0.5) is 4.79 Å². The zero-order valence-electron chi connectivity index (χ0n) is 19.9. The van der Waals surface area contributed by atoms with E-state index in [9.17, 15) is 19.8 Å². The Hall–Kier alpha value is -4.33. The fraction of sp³-hybridized carbons (Fsp3) is 0.222. The van der Waals surface area contributed by atoms with Crippen LogP contribution in [0.15, 0.2) is 84.0 Å². The van der Waals surface area contributed by atoms with Gasteiger partial charge in [0.1, 0.15) is 28.9 Å². The molecule has 0 aliphatic heterocycles. The second-order valence-corrected chi connectivity index (χ2v) is 8.86. The van der Waals surface area contributed by atoms with E-state index in [4.69, 9.17) is 4.74 Å². The first kappa shape index (κ1) is 25.3. The monoisotopic (exact) mass is 475 g/mol. The van der Waals surface area contributed by atoms with Gasteiger partial charge in [-0.3, -0.25) is 4.79 Å². The van der Waals surface area contributed by atoms with Crippen molar-refractivity contribution in [3.8, 4) is 11.5 Å². The Labute approximate surface area is 204 Å². The van der Waals surface area contributed by atoms with Gasteiger partial charge in [0.05, 0.1) is 0 Å². The van der Waals surface area contributed by atoms with Crippen molar-refractivity contribution in [2.45, 2.75) is 38.8 Å². The molecule has 0 aromatic heterocycles. The summed E-state index contributed by atoms with van der Waals surface area (Å²) in [6.07, 6.45) is -0.539. The fourth-order valence-electron chi connectivity index (χ4n) is 3.31. The number of aromatic hydroxyl groups is 2. The fourth-order valence-corrected chi connectivity index (χ4v) is 3.31. The smallest absolute Gasteiger partial charge is 0.408 e. The highest BCUT2D eigenvalue weighted by atomic mass is 16.6. The highest BCUT2D eigenvalue weighted by Gasteiger charge is 2.25. The summed E-state index contributed by atoms with van der Waals surface area (Å²) in [7, 11) is 0. The summed E-state index contributed by atoms with van der Waals surface area (Å²) in [5, 5.41) is 27.6. The van der Waals surface area contributed by atoms with Crippen LogP contribution in [-0.2, 0) is 16.0 Å². The third-order valence-corrected chi connectivity index (χ3v) is 4.89. The van der Waals surface area contributed by atoms with Gasteiger partial charge >= 0.3 is 6.09 Å². The molecule has 3 aromatic rings. The third-order valence-electron chi connectivity index (χ3n) is 4.89. The van der Waals surface area contributed by atoms with E-state index in [1.165, 1.54) is 12.1 Å². The maximum atomic E-state index is 13.2. The number of para-hydroxylation sites is 2. The number of alkyl carbamates (subject to hydrolysis) is 1. The van der Waals surface area contributed by atoms with Gasteiger partial charge in [0.15, 0.2) is 0 Å². The van der Waals surface area contributed by atoms with E-state index < -0.39 is 23.6 Å². The van der Waals surface area contributed by atoms with E-state index in [2.05, 4.69) is 15.8 Å². The lowest BCUT2D eigenvalue weighted by atomic mass is 10.0. The molecule has 182 valence electrons. The Balaban J connectivity index is 1.91. The summed E-state index contributed by atoms with van der Waals surface area (Å²) in [5.74, 6) is -0.740. The van der Waals surface area contributed by atoms with Gasteiger partial charge in [-0.2, -0.15) is 5.10 Å². The number of carbonyl (C=O) groups excluding carboxylic acids is 2. The highest BCUT2D eigenvalue weighted by Crippen LogP contribution is 2.25. The summed E-state index contributed by atoms with van der Waals surface area (Å²) in [5.41, 5.74) is 3.36. The van der Waals surface area contributed by atoms with Gasteiger partial charge in [-0.05, 0) is 50.6 Å². The standard InChI is InChI=1S/C27H29N3O5/c1-27(2,3)35-26(34)28-21(17-18-11-5-4-6-12-18)25(33)30-29-24(19-13-7-9-15-22(19)31)20-14-8-10-16-23(20)32/h4-16,21,31-32H,17H2,1-3H3,(H,28,34)(H,30,33)/t21-/m0/s1. The average molecular weight is 476 g/mol. The number of hydrazone groups is 1. The maximum Gasteiger partial charge on any atom is 0.408 e. The number of ether oxygens (including phenoxy) is 1. The van der Waals surface area contributed by atoms with E-state index >= 15 is 0 Å². The molecule has 0 radical (unpaired) electrons. The van der Waals surface area contributed by atoms with Crippen molar-refractivity contribution in [2.24, 2.45) is 5.10 Å².